The highest BCUT2D eigenvalue weighted by atomic mass is 32.1. The highest BCUT2D eigenvalue weighted by molar-refractivity contribution is 7.22. The fourth-order valence-electron chi connectivity index (χ4n) is 3.55. The van der Waals surface area contributed by atoms with Gasteiger partial charge in [-0.15, -0.1) is 11.3 Å². The standard InChI is InChI=1S/C17H20N6S/c18-16-10-14(23-7-5-22(6-8-23)11-1-2-11)17-13(20-16)9-15(24-17)12-3-4-19-21-12/h3-4,9-11H,1-2,5-8H2,(H2,18,20)(H,19,21). The molecule has 2 aliphatic rings. The topological polar surface area (TPSA) is 74.1 Å². The molecule has 3 aromatic rings. The molecule has 0 amide bonds. The lowest BCUT2D eigenvalue weighted by molar-refractivity contribution is 0.248. The molecule has 0 bridgehead atoms. The van der Waals surface area contributed by atoms with Crippen molar-refractivity contribution in [2.45, 2.75) is 18.9 Å². The number of H-pyrrole nitrogens is 1. The third kappa shape index (κ3) is 2.44. The van der Waals surface area contributed by atoms with Crippen LogP contribution in [-0.4, -0.2) is 52.3 Å². The Morgan fingerprint density at radius 3 is 2.71 bits per heavy atom. The first-order valence-corrected chi connectivity index (χ1v) is 9.28. The smallest absolute Gasteiger partial charge is 0.126 e. The highest BCUT2D eigenvalue weighted by Crippen LogP contribution is 2.39. The van der Waals surface area contributed by atoms with Gasteiger partial charge in [-0.3, -0.25) is 10.00 Å². The summed E-state index contributed by atoms with van der Waals surface area (Å²) in [7, 11) is 0. The van der Waals surface area contributed by atoms with Gasteiger partial charge in [0.1, 0.15) is 5.82 Å². The number of nitrogens with two attached hydrogens (primary N) is 1. The van der Waals surface area contributed by atoms with E-state index in [0.717, 1.165) is 48.3 Å². The molecule has 1 saturated carbocycles. The Kier molecular flexibility index (Phi) is 3.24. The van der Waals surface area contributed by atoms with Crippen molar-refractivity contribution in [1.29, 1.82) is 0 Å². The van der Waals surface area contributed by atoms with Crippen LogP contribution in [0.5, 0.6) is 0 Å². The Morgan fingerprint density at radius 2 is 2.00 bits per heavy atom. The summed E-state index contributed by atoms with van der Waals surface area (Å²) in [5, 5.41) is 7.08. The van der Waals surface area contributed by atoms with Gasteiger partial charge in [-0.1, -0.05) is 0 Å². The van der Waals surface area contributed by atoms with Crippen LogP contribution in [0, 0.1) is 0 Å². The van der Waals surface area contributed by atoms with Gasteiger partial charge in [0.15, 0.2) is 0 Å². The number of pyridine rings is 1. The Hall–Kier alpha value is -2.12. The van der Waals surface area contributed by atoms with Crippen LogP contribution in [0.2, 0.25) is 0 Å². The second kappa shape index (κ2) is 5.46. The number of rotatable bonds is 3. The number of nitrogens with one attached hydrogen (secondary N) is 1. The molecule has 3 aromatic heterocycles. The van der Waals surface area contributed by atoms with E-state index in [4.69, 9.17) is 5.73 Å². The summed E-state index contributed by atoms with van der Waals surface area (Å²) >= 11 is 1.76. The summed E-state index contributed by atoms with van der Waals surface area (Å²) in [5.74, 6) is 0.594. The molecule has 124 valence electrons. The van der Waals surface area contributed by atoms with Crippen molar-refractivity contribution in [2.24, 2.45) is 0 Å². The zero-order valence-corrected chi connectivity index (χ0v) is 14.2. The van der Waals surface area contributed by atoms with E-state index in [1.807, 2.05) is 12.1 Å². The Bertz CT molecular complexity index is 859. The molecule has 6 nitrogen and oxygen atoms in total. The minimum absolute atomic E-state index is 0.594. The molecule has 0 atom stereocenters. The molecule has 7 heteroatoms. The Labute approximate surface area is 144 Å². The monoisotopic (exact) mass is 340 g/mol. The first-order chi connectivity index (χ1) is 11.8. The average Bonchev–Trinajstić information content (AvgIpc) is 3.13. The normalized spacial score (nSPS) is 19.2. The fraction of sp³-hybridized carbons (Fsp3) is 0.412. The molecule has 4 heterocycles. The van der Waals surface area contributed by atoms with Crippen molar-refractivity contribution in [3.05, 3.63) is 24.4 Å². The molecule has 5 rings (SSSR count). The van der Waals surface area contributed by atoms with Crippen molar-refractivity contribution >= 4 is 33.1 Å². The van der Waals surface area contributed by atoms with E-state index in [1.54, 1.807) is 17.5 Å². The van der Waals surface area contributed by atoms with E-state index >= 15 is 0 Å². The van der Waals surface area contributed by atoms with Crippen LogP contribution in [0.4, 0.5) is 11.5 Å². The maximum absolute atomic E-state index is 6.08. The van der Waals surface area contributed by atoms with E-state index in [-0.39, 0.29) is 0 Å². The van der Waals surface area contributed by atoms with Gasteiger partial charge in [0.25, 0.3) is 0 Å². The van der Waals surface area contributed by atoms with Crippen LogP contribution in [0.25, 0.3) is 20.8 Å². The second-order valence-electron chi connectivity index (χ2n) is 6.62. The minimum Gasteiger partial charge on any atom is -0.384 e. The zero-order valence-electron chi connectivity index (χ0n) is 13.4. The van der Waals surface area contributed by atoms with Gasteiger partial charge >= 0.3 is 0 Å². The van der Waals surface area contributed by atoms with Crippen molar-refractivity contribution in [2.75, 3.05) is 36.8 Å². The van der Waals surface area contributed by atoms with E-state index in [1.165, 1.54) is 23.2 Å². The summed E-state index contributed by atoms with van der Waals surface area (Å²) in [6, 6.07) is 6.97. The lowest BCUT2D eigenvalue weighted by Gasteiger charge is -2.36. The van der Waals surface area contributed by atoms with E-state index in [2.05, 4.69) is 31.0 Å². The number of anilines is 2. The molecule has 0 aromatic carbocycles. The molecular weight excluding hydrogens is 320 g/mol. The first-order valence-electron chi connectivity index (χ1n) is 8.47. The van der Waals surface area contributed by atoms with Crippen LogP contribution >= 0.6 is 11.3 Å². The number of aromatic nitrogens is 3. The SMILES string of the molecule is Nc1cc(N2CCN(C3CC3)CC2)c2sc(-c3ccn[nH]3)cc2n1. The van der Waals surface area contributed by atoms with Gasteiger partial charge in [0.2, 0.25) is 0 Å². The molecule has 24 heavy (non-hydrogen) atoms. The summed E-state index contributed by atoms with van der Waals surface area (Å²) in [6.07, 6.45) is 4.54. The molecule has 0 unspecified atom stereocenters. The number of hydrogen-bond donors (Lipinski definition) is 2. The molecular formula is C17H20N6S. The number of fused-ring (bicyclic) bond motifs is 1. The van der Waals surface area contributed by atoms with Crippen molar-refractivity contribution in [3.8, 4) is 10.6 Å². The quantitative estimate of drug-likeness (QED) is 0.766. The van der Waals surface area contributed by atoms with E-state index in [9.17, 15) is 0 Å². The summed E-state index contributed by atoms with van der Waals surface area (Å²) in [4.78, 5) is 10.8. The van der Waals surface area contributed by atoms with E-state index in [0.29, 0.717) is 5.82 Å². The molecule has 0 spiro atoms. The van der Waals surface area contributed by atoms with Crippen LogP contribution < -0.4 is 10.6 Å². The predicted octanol–water partition coefficient (Wildman–Crippen LogP) is 2.55. The molecule has 0 radical (unpaired) electrons. The number of hydrogen-bond acceptors (Lipinski definition) is 6. The lowest BCUT2D eigenvalue weighted by Crippen LogP contribution is -2.47. The van der Waals surface area contributed by atoms with Gasteiger partial charge in [-0.05, 0) is 25.0 Å². The third-order valence-corrected chi connectivity index (χ3v) is 6.14. The summed E-state index contributed by atoms with van der Waals surface area (Å²) in [6.45, 7) is 4.42. The van der Waals surface area contributed by atoms with Crippen LogP contribution in [-0.2, 0) is 0 Å². The maximum Gasteiger partial charge on any atom is 0.126 e. The molecule has 1 aliphatic carbocycles. The second-order valence-corrected chi connectivity index (χ2v) is 7.67. The number of piperazine rings is 1. The van der Waals surface area contributed by atoms with Crippen LogP contribution in [0.3, 0.4) is 0 Å². The molecule has 3 N–H and O–H groups in total. The number of nitrogens with zero attached hydrogens (tertiary/aromatic N) is 4. The largest absolute Gasteiger partial charge is 0.384 e. The Balaban J connectivity index is 1.50. The highest BCUT2D eigenvalue weighted by Gasteiger charge is 2.31. The van der Waals surface area contributed by atoms with Gasteiger partial charge in [0, 0.05) is 44.5 Å². The predicted molar refractivity (Wildman–Crippen MR) is 98.4 cm³/mol. The Morgan fingerprint density at radius 1 is 1.17 bits per heavy atom. The van der Waals surface area contributed by atoms with Crippen LogP contribution in [0.15, 0.2) is 24.4 Å². The maximum atomic E-state index is 6.08. The summed E-state index contributed by atoms with van der Waals surface area (Å²) in [5.41, 5.74) is 9.31. The third-order valence-electron chi connectivity index (χ3n) is 4.96. The van der Waals surface area contributed by atoms with Crippen molar-refractivity contribution in [1.82, 2.24) is 20.1 Å². The van der Waals surface area contributed by atoms with Crippen molar-refractivity contribution < 1.29 is 0 Å². The van der Waals surface area contributed by atoms with Gasteiger partial charge in [-0.2, -0.15) is 5.10 Å². The fourth-order valence-corrected chi connectivity index (χ4v) is 4.67. The van der Waals surface area contributed by atoms with Gasteiger partial charge in [0.05, 0.1) is 26.5 Å². The zero-order chi connectivity index (χ0) is 16.1. The molecule has 1 saturated heterocycles. The first kappa shape index (κ1) is 14.2. The molecule has 2 fully saturated rings. The minimum atomic E-state index is 0.594. The summed E-state index contributed by atoms with van der Waals surface area (Å²) < 4.78 is 1.22. The number of thiophene rings is 1. The average molecular weight is 340 g/mol. The lowest BCUT2D eigenvalue weighted by atomic mass is 10.2. The van der Waals surface area contributed by atoms with E-state index < -0.39 is 0 Å². The number of nitrogen functional groups attached to an aromatic ring is 1. The number of aromatic amines is 1. The van der Waals surface area contributed by atoms with Crippen molar-refractivity contribution in [3.63, 3.8) is 0 Å². The van der Waals surface area contributed by atoms with Gasteiger partial charge < -0.3 is 10.6 Å². The molecule has 1 aliphatic heterocycles. The van der Waals surface area contributed by atoms with Crippen LogP contribution in [0.1, 0.15) is 12.8 Å². The van der Waals surface area contributed by atoms with Gasteiger partial charge in [-0.25, -0.2) is 4.98 Å².